The summed E-state index contributed by atoms with van der Waals surface area (Å²) in [4.78, 5) is 41.6. The maximum atomic E-state index is 12.3. The molecule has 8 heteroatoms. The van der Waals surface area contributed by atoms with Crippen LogP contribution in [0.25, 0.3) is 10.2 Å². The summed E-state index contributed by atoms with van der Waals surface area (Å²) in [5, 5.41) is 5.77. The van der Waals surface area contributed by atoms with Crippen molar-refractivity contribution in [1.82, 2.24) is 20.2 Å². The summed E-state index contributed by atoms with van der Waals surface area (Å²) in [6.07, 6.45) is 2.18. The van der Waals surface area contributed by atoms with Gasteiger partial charge in [0.05, 0.1) is 18.3 Å². The van der Waals surface area contributed by atoms with Crippen molar-refractivity contribution in [1.29, 1.82) is 0 Å². The van der Waals surface area contributed by atoms with Crippen LogP contribution in [0.3, 0.4) is 0 Å². The highest BCUT2D eigenvalue weighted by atomic mass is 32.1. The second-order valence-electron chi connectivity index (χ2n) is 5.41. The number of carbonyl (C=O) groups excluding carboxylic acids is 2. The smallest absolute Gasteiger partial charge is 0.262 e. The van der Waals surface area contributed by atoms with Crippen molar-refractivity contribution in [3.63, 3.8) is 0 Å². The van der Waals surface area contributed by atoms with E-state index in [1.807, 2.05) is 20.8 Å². The number of hydrogen-bond acceptors (Lipinski definition) is 5. The summed E-state index contributed by atoms with van der Waals surface area (Å²) >= 11 is 1.44. The van der Waals surface area contributed by atoms with Crippen LogP contribution >= 0.6 is 11.3 Å². The number of thiophene rings is 1. The Balaban J connectivity index is 1.97. The van der Waals surface area contributed by atoms with Gasteiger partial charge in [-0.05, 0) is 26.3 Å². The molecule has 0 saturated heterocycles. The molecule has 2 aromatic heterocycles. The molecule has 2 rings (SSSR count). The van der Waals surface area contributed by atoms with Crippen molar-refractivity contribution in [3.8, 4) is 0 Å². The molecule has 0 aromatic carbocycles. The van der Waals surface area contributed by atoms with Crippen molar-refractivity contribution < 1.29 is 9.59 Å². The molecule has 0 spiro atoms. The molecule has 0 unspecified atom stereocenters. The van der Waals surface area contributed by atoms with E-state index in [2.05, 4.69) is 15.6 Å². The quantitative estimate of drug-likeness (QED) is 0.816. The zero-order valence-corrected chi connectivity index (χ0v) is 14.2. The summed E-state index contributed by atoms with van der Waals surface area (Å²) in [6.45, 7) is 5.49. The van der Waals surface area contributed by atoms with Crippen LogP contribution in [0.5, 0.6) is 0 Å². The molecule has 1 atom stereocenters. The van der Waals surface area contributed by atoms with E-state index < -0.39 is 5.91 Å². The minimum absolute atomic E-state index is 0.0652. The first-order valence-corrected chi connectivity index (χ1v) is 8.24. The fourth-order valence-corrected chi connectivity index (χ4v) is 2.85. The summed E-state index contributed by atoms with van der Waals surface area (Å²) in [6, 6.07) is 1.83. The van der Waals surface area contributed by atoms with Crippen LogP contribution in [0, 0.1) is 6.92 Å². The van der Waals surface area contributed by atoms with Crippen LogP contribution in [-0.4, -0.2) is 34.0 Å². The average Bonchev–Trinajstić information content (AvgIpc) is 2.89. The van der Waals surface area contributed by atoms with Gasteiger partial charge in [0.25, 0.3) is 5.56 Å². The highest BCUT2D eigenvalue weighted by Crippen LogP contribution is 2.19. The lowest BCUT2D eigenvalue weighted by Gasteiger charge is -2.12. The van der Waals surface area contributed by atoms with E-state index in [0.29, 0.717) is 10.2 Å². The van der Waals surface area contributed by atoms with Gasteiger partial charge in [-0.2, -0.15) is 0 Å². The second kappa shape index (κ2) is 7.36. The van der Waals surface area contributed by atoms with E-state index in [-0.39, 0.29) is 30.6 Å². The van der Waals surface area contributed by atoms with Crippen LogP contribution in [0.4, 0.5) is 0 Å². The zero-order valence-electron chi connectivity index (χ0n) is 13.4. The molecular formula is C15H20N4O3S. The number of amides is 2. The van der Waals surface area contributed by atoms with E-state index in [0.717, 1.165) is 11.3 Å². The number of aromatic nitrogens is 2. The molecule has 0 aliphatic heterocycles. The maximum Gasteiger partial charge on any atom is 0.262 e. The summed E-state index contributed by atoms with van der Waals surface area (Å²) in [5.74, 6) is -0.651. The molecular weight excluding hydrogens is 316 g/mol. The predicted molar refractivity (Wildman–Crippen MR) is 89.5 cm³/mol. The van der Waals surface area contributed by atoms with Gasteiger partial charge < -0.3 is 10.6 Å². The standard InChI is InChI=1S/C15H20N4O3S/c1-4-9(2)18-12(20)6-16-13(21)7-19-8-17-14-11(15(19)22)5-10(3)23-14/h5,8-9H,4,6-7H2,1-3H3,(H,16,21)(H,18,20)/t9-/m0/s1. The van der Waals surface area contributed by atoms with Crippen LogP contribution in [-0.2, 0) is 16.1 Å². The molecule has 0 fully saturated rings. The Bertz CT molecular complexity index is 781. The van der Waals surface area contributed by atoms with Crippen molar-refractivity contribution in [2.45, 2.75) is 39.8 Å². The zero-order chi connectivity index (χ0) is 17.0. The van der Waals surface area contributed by atoms with Gasteiger partial charge >= 0.3 is 0 Å². The molecule has 0 saturated carbocycles. The Morgan fingerprint density at radius 1 is 1.39 bits per heavy atom. The number of carbonyl (C=O) groups is 2. The lowest BCUT2D eigenvalue weighted by atomic mass is 10.2. The largest absolute Gasteiger partial charge is 0.352 e. The number of nitrogens with zero attached hydrogens (tertiary/aromatic N) is 2. The van der Waals surface area contributed by atoms with Gasteiger partial charge in [-0.25, -0.2) is 4.98 Å². The Morgan fingerprint density at radius 3 is 2.83 bits per heavy atom. The van der Waals surface area contributed by atoms with E-state index in [1.54, 1.807) is 6.07 Å². The summed E-state index contributed by atoms with van der Waals surface area (Å²) in [7, 11) is 0. The Hall–Kier alpha value is -2.22. The Kier molecular flexibility index (Phi) is 5.49. The van der Waals surface area contributed by atoms with E-state index in [1.165, 1.54) is 22.2 Å². The third kappa shape index (κ3) is 4.38. The highest BCUT2D eigenvalue weighted by molar-refractivity contribution is 7.18. The fraction of sp³-hybridized carbons (Fsp3) is 0.467. The minimum atomic E-state index is -0.403. The molecule has 124 valence electrons. The third-order valence-electron chi connectivity index (χ3n) is 3.42. The van der Waals surface area contributed by atoms with Gasteiger partial charge in [-0.3, -0.25) is 19.0 Å². The van der Waals surface area contributed by atoms with Gasteiger partial charge in [0.2, 0.25) is 11.8 Å². The Morgan fingerprint density at radius 2 is 2.13 bits per heavy atom. The number of nitrogens with one attached hydrogen (secondary N) is 2. The van der Waals surface area contributed by atoms with E-state index in [4.69, 9.17) is 0 Å². The van der Waals surface area contributed by atoms with Crippen LogP contribution in [0.1, 0.15) is 25.1 Å². The Labute approximate surface area is 137 Å². The molecule has 23 heavy (non-hydrogen) atoms. The first-order valence-electron chi connectivity index (χ1n) is 7.42. The van der Waals surface area contributed by atoms with E-state index >= 15 is 0 Å². The molecule has 0 radical (unpaired) electrons. The van der Waals surface area contributed by atoms with Gasteiger partial charge in [0, 0.05) is 10.9 Å². The molecule has 7 nitrogen and oxygen atoms in total. The number of fused-ring (bicyclic) bond motifs is 1. The lowest BCUT2D eigenvalue weighted by Crippen LogP contribution is -2.42. The van der Waals surface area contributed by atoms with Crippen molar-refractivity contribution in [2.24, 2.45) is 0 Å². The molecule has 0 aliphatic carbocycles. The fourth-order valence-electron chi connectivity index (χ4n) is 2.01. The van der Waals surface area contributed by atoms with Gasteiger partial charge in [-0.15, -0.1) is 11.3 Å². The number of rotatable bonds is 6. The molecule has 0 bridgehead atoms. The number of aryl methyl sites for hydroxylation is 1. The number of hydrogen-bond donors (Lipinski definition) is 2. The molecule has 2 aromatic rings. The van der Waals surface area contributed by atoms with Crippen LogP contribution in [0.2, 0.25) is 0 Å². The monoisotopic (exact) mass is 336 g/mol. The van der Waals surface area contributed by atoms with Gasteiger partial charge in [-0.1, -0.05) is 6.92 Å². The van der Waals surface area contributed by atoms with Crippen molar-refractivity contribution in [2.75, 3.05) is 6.54 Å². The van der Waals surface area contributed by atoms with Crippen molar-refractivity contribution in [3.05, 3.63) is 27.6 Å². The topological polar surface area (TPSA) is 93.1 Å². The van der Waals surface area contributed by atoms with E-state index in [9.17, 15) is 14.4 Å². The minimum Gasteiger partial charge on any atom is -0.352 e. The summed E-state index contributed by atoms with van der Waals surface area (Å²) < 4.78 is 1.25. The first kappa shape index (κ1) is 17.1. The van der Waals surface area contributed by atoms with Crippen LogP contribution < -0.4 is 16.2 Å². The summed E-state index contributed by atoms with van der Waals surface area (Å²) in [5.41, 5.74) is -0.251. The lowest BCUT2D eigenvalue weighted by molar-refractivity contribution is -0.126. The SMILES string of the molecule is CC[C@H](C)NC(=O)CNC(=O)Cn1cnc2sc(C)cc2c1=O. The van der Waals surface area contributed by atoms with Gasteiger partial charge in [0.1, 0.15) is 11.4 Å². The average molecular weight is 336 g/mol. The molecule has 0 aliphatic rings. The molecule has 2 heterocycles. The molecule has 2 amide bonds. The predicted octanol–water partition coefficient (Wildman–Crippen LogP) is 0.797. The van der Waals surface area contributed by atoms with Crippen molar-refractivity contribution >= 4 is 33.4 Å². The van der Waals surface area contributed by atoms with Gasteiger partial charge in [0.15, 0.2) is 0 Å². The molecule has 2 N–H and O–H groups in total. The first-order chi connectivity index (χ1) is 10.9. The highest BCUT2D eigenvalue weighted by Gasteiger charge is 2.11. The van der Waals surface area contributed by atoms with Crippen LogP contribution in [0.15, 0.2) is 17.2 Å². The third-order valence-corrected chi connectivity index (χ3v) is 4.38. The maximum absolute atomic E-state index is 12.3. The normalized spacial score (nSPS) is 12.1. The second-order valence-corrected chi connectivity index (χ2v) is 6.64.